The lowest BCUT2D eigenvalue weighted by Gasteiger charge is -2.49. The van der Waals surface area contributed by atoms with Crippen molar-refractivity contribution in [2.75, 3.05) is 33.0 Å². The molecule has 0 aromatic carbocycles. The second-order valence-electron chi connectivity index (χ2n) is 12.3. The molecule has 0 spiro atoms. The Morgan fingerprint density at radius 3 is 1.44 bits per heavy atom. The molecular weight excluding hydrogens is 686 g/mol. The first-order chi connectivity index (χ1) is 23.7. The van der Waals surface area contributed by atoms with E-state index in [-0.39, 0.29) is 6.61 Å². The molecule has 292 valence electrons. The molecule has 4 saturated heterocycles. The summed E-state index contributed by atoms with van der Waals surface area (Å²) in [6.07, 6.45) is -32.2. The van der Waals surface area contributed by atoms with Gasteiger partial charge in [-0.15, -0.1) is 0 Å². The fourth-order valence-electron chi connectivity index (χ4n) is 6.23. The van der Waals surface area contributed by atoms with Crippen molar-refractivity contribution in [1.29, 1.82) is 0 Å². The summed E-state index contributed by atoms with van der Waals surface area (Å²) in [5, 5.41) is 128. The van der Waals surface area contributed by atoms with E-state index in [9.17, 15) is 66.1 Å². The quantitative estimate of drug-likeness (QED) is 0.0835. The molecule has 4 heterocycles. The predicted octanol–water partition coefficient (Wildman–Crippen LogP) is -8.56. The zero-order chi connectivity index (χ0) is 37.0. The summed E-state index contributed by atoms with van der Waals surface area (Å²) in [5.41, 5.74) is 0. The van der Waals surface area contributed by atoms with E-state index < -0.39 is 155 Å². The van der Waals surface area contributed by atoms with Crippen LogP contribution < -0.4 is 5.32 Å². The molecule has 4 fully saturated rings. The van der Waals surface area contributed by atoms with Crippen molar-refractivity contribution < 1.29 is 104 Å². The van der Waals surface area contributed by atoms with Crippen molar-refractivity contribution in [3.63, 3.8) is 0 Å². The highest BCUT2D eigenvalue weighted by Crippen LogP contribution is 2.34. The number of carbonyl (C=O) groups excluding carboxylic acids is 1. The number of rotatable bonds is 13. The Morgan fingerprint density at radius 2 is 0.940 bits per heavy atom. The first kappa shape index (κ1) is 41.4. The van der Waals surface area contributed by atoms with Crippen LogP contribution >= 0.6 is 0 Å². The molecule has 4 aliphatic heterocycles. The van der Waals surface area contributed by atoms with Crippen molar-refractivity contribution in [1.82, 2.24) is 5.32 Å². The van der Waals surface area contributed by atoms with Crippen molar-refractivity contribution in [2.24, 2.45) is 0 Å². The highest BCUT2D eigenvalue weighted by Gasteiger charge is 2.55. The zero-order valence-electron chi connectivity index (χ0n) is 27.1. The van der Waals surface area contributed by atoms with Gasteiger partial charge in [-0.3, -0.25) is 4.79 Å². The number of amides is 1. The maximum Gasteiger partial charge on any atom is 0.217 e. The van der Waals surface area contributed by atoms with Gasteiger partial charge in [0.1, 0.15) is 97.6 Å². The topological polar surface area (TPSA) is 346 Å². The molecule has 0 aliphatic carbocycles. The average molecular weight is 736 g/mol. The van der Waals surface area contributed by atoms with Crippen LogP contribution in [0.1, 0.15) is 13.8 Å². The van der Waals surface area contributed by atoms with Crippen LogP contribution in [0.5, 0.6) is 0 Å². The molecule has 20 atom stereocenters. The Labute approximate surface area is 285 Å². The maximum absolute atomic E-state index is 11.8. The molecule has 0 bridgehead atoms. The van der Waals surface area contributed by atoms with Crippen LogP contribution in [-0.2, 0) is 42.7 Å². The Morgan fingerprint density at radius 1 is 0.520 bits per heavy atom. The molecule has 13 N–H and O–H groups in total. The van der Waals surface area contributed by atoms with Gasteiger partial charge in [0, 0.05) is 13.5 Å². The number of aliphatic hydroxyl groups is 12. The summed E-state index contributed by atoms with van der Waals surface area (Å²) in [6, 6.07) is -1.48. The summed E-state index contributed by atoms with van der Waals surface area (Å²) in [6.45, 7) is -0.511. The minimum atomic E-state index is -2.01. The maximum atomic E-state index is 11.8. The lowest BCUT2D eigenvalue weighted by molar-refractivity contribution is -0.386. The molecule has 50 heavy (non-hydrogen) atoms. The average Bonchev–Trinajstić information content (AvgIpc) is 3.09. The van der Waals surface area contributed by atoms with Gasteiger partial charge in [-0.25, -0.2) is 0 Å². The van der Waals surface area contributed by atoms with Gasteiger partial charge in [0.25, 0.3) is 0 Å². The Kier molecular flexibility index (Phi) is 15.0. The van der Waals surface area contributed by atoms with Crippen LogP contribution in [0.2, 0.25) is 0 Å². The van der Waals surface area contributed by atoms with E-state index in [1.807, 2.05) is 0 Å². The third-order valence-corrected chi connectivity index (χ3v) is 8.92. The van der Waals surface area contributed by atoms with Crippen molar-refractivity contribution >= 4 is 5.91 Å². The zero-order valence-corrected chi connectivity index (χ0v) is 27.1. The van der Waals surface area contributed by atoms with Gasteiger partial charge in [-0.05, 0) is 6.92 Å². The predicted molar refractivity (Wildman–Crippen MR) is 155 cm³/mol. The van der Waals surface area contributed by atoms with E-state index in [2.05, 4.69) is 5.32 Å². The lowest BCUT2D eigenvalue weighted by Crippen LogP contribution is -2.69. The van der Waals surface area contributed by atoms with E-state index in [1.54, 1.807) is 6.92 Å². The van der Waals surface area contributed by atoms with Crippen LogP contribution in [0.4, 0.5) is 0 Å². The summed E-state index contributed by atoms with van der Waals surface area (Å²) in [5.74, 6) is -0.686. The lowest BCUT2D eigenvalue weighted by atomic mass is 9.95. The molecule has 0 radical (unpaired) electrons. The monoisotopic (exact) mass is 735 g/mol. The van der Waals surface area contributed by atoms with Crippen LogP contribution in [0.25, 0.3) is 0 Å². The molecule has 0 saturated carbocycles. The fraction of sp³-hybridized carbons (Fsp3) is 0.964. The van der Waals surface area contributed by atoms with Gasteiger partial charge in [-0.2, -0.15) is 0 Å². The number of aliphatic hydroxyl groups excluding tert-OH is 12. The van der Waals surface area contributed by atoms with Crippen molar-refractivity contribution in [2.45, 2.75) is 137 Å². The van der Waals surface area contributed by atoms with Crippen LogP contribution in [0.15, 0.2) is 0 Å². The highest BCUT2D eigenvalue weighted by atomic mass is 16.8. The summed E-state index contributed by atoms with van der Waals surface area (Å²) in [4.78, 5) is 11.8. The summed E-state index contributed by atoms with van der Waals surface area (Å²) >= 11 is 0. The van der Waals surface area contributed by atoms with Gasteiger partial charge in [0.05, 0.1) is 26.4 Å². The molecule has 22 nitrogen and oxygen atoms in total. The van der Waals surface area contributed by atoms with Gasteiger partial charge in [0.2, 0.25) is 5.91 Å². The SMILES string of the molecule is CCO[C@@H]1OC(CO)[C@@H](O[C@@H]2OC(CO)[C@H](O[C@H]3OC(CO)[C@H](O)[C@H](O[C@@H]4OC(CO)[C@H](O)[C@H](O)C4NC(C)=O)C3O)[C@H](O)C2O)[C@H](O)C1O. The smallest absolute Gasteiger partial charge is 0.217 e. The standard InChI is InChI=1S/C28H49NO21/c1-3-43-26-19(40)17(38)22(11(6-32)46-26)48-27-20(41)18(39)23(12(7-33)47-27)49-28-21(42)24(15(36)10(5-31)45-28)50-25-13(29-8(2)34)16(37)14(35)9(4-30)44-25/h9-28,30-33,35-42H,3-7H2,1-2H3,(H,29,34)/t9?,10?,11?,12?,13?,14-,15-,16+,17+,18+,19?,20?,21?,22+,23-,24-,25-,26+,27-,28+/m0/s1. The van der Waals surface area contributed by atoms with Gasteiger partial charge in [0.15, 0.2) is 25.2 Å². The number of nitrogens with one attached hydrogen (secondary N) is 1. The molecule has 0 aromatic rings. The van der Waals surface area contributed by atoms with Gasteiger partial charge < -0.3 is 104 Å². The number of hydrogen-bond donors (Lipinski definition) is 13. The van der Waals surface area contributed by atoms with Crippen LogP contribution in [0, 0.1) is 0 Å². The Hall–Kier alpha value is -1.33. The second-order valence-corrected chi connectivity index (χ2v) is 12.3. The highest BCUT2D eigenvalue weighted by molar-refractivity contribution is 5.73. The summed E-state index contributed by atoms with van der Waals surface area (Å²) < 4.78 is 44.4. The minimum Gasteiger partial charge on any atom is -0.394 e. The normalized spacial score (nSPS) is 48.7. The van der Waals surface area contributed by atoms with Crippen molar-refractivity contribution in [3.8, 4) is 0 Å². The second kappa shape index (κ2) is 18.1. The van der Waals surface area contributed by atoms with E-state index in [0.717, 1.165) is 6.92 Å². The fourth-order valence-corrected chi connectivity index (χ4v) is 6.23. The van der Waals surface area contributed by atoms with E-state index in [4.69, 9.17) is 37.9 Å². The largest absolute Gasteiger partial charge is 0.394 e. The first-order valence-electron chi connectivity index (χ1n) is 16.1. The van der Waals surface area contributed by atoms with Crippen molar-refractivity contribution in [3.05, 3.63) is 0 Å². The van der Waals surface area contributed by atoms with Gasteiger partial charge >= 0.3 is 0 Å². The third-order valence-electron chi connectivity index (χ3n) is 8.92. The molecule has 1 amide bonds. The van der Waals surface area contributed by atoms with E-state index >= 15 is 0 Å². The number of hydrogen-bond acceptors (Lipinski definition) is 21. The first-order valence-corrected chi connectivity index (χ1v) is 16.1. The molecule has 4 rings (SSSR count). The van der Waals surface area contributed by atoms with Gasteiger partial charge in [-0.1, -0.05) is 0 Å². The minimum absolute atomic E-state index is 0.0992. The molecule has 22 heteroatoms. The van der Waals surface area contributed by atoms with E-state index in [1.165, 1.54) is 0 Å². The molecule has 8 unspecified atom stereocenters. The molecular formula is C28H49NO21. The Balaban J connectivity index is 1.50. The number of ether oxygens (including phenoxy) is 8. The summed E-state index contributed by atoms with van der Waals surface area (Å²) in [7, 11) is 0. The molecule has 4 aliphatic rings. The Bertz CT molecular complexity index is 1060. The molecule has 0 aromatic heterocycles. The van der Waals surface area contributed by atoms with Crippen LogP contribution in [0.3, 0.4) is 0 Å². The van der Waals surface area contributed by atoms with Crippen LogP contribution in [-0.4, -0.2) is 223 Å². The third kappa shape index (κ3) is 8.72. The number of carbonyl (C=O) groups is 1. The van der Waals surface area contributed by atoms with E-state index in [0.29, 0.717) is 0 Å².